The Hall–Kier alpha value is -1.78. The fraction of sp³-hybridized carbons (Fsp3) is 0.455. The van der Waals surface area contributed by atoms with Gasteiger partial charge < -0.3 is 15.0 Å². The minimum absolute atomic E-state index is 0.0627. The zero-order valence-electron chi connectivity index (χ0n) is 9.66. The summed E-state index contributed by atoms with van der Waals surface area (Å²) in [5.41, 5.74) is -0.0163. The number of aromatic nitrogens is 1. The van der Waals surface area contributed by atoms with Gasteiger partial charge in [-0.15, -0.1) is 0 Å². The van der Waals surface area contributed by atoms with E-state index in [0.717, 1.165) is 0 Å². The van der Waals surface area contributed by atoms with Gasteiger partial charge in [0.25, 0.3) is 0 Å². The summed E-state index contributed by atoms with van der Waals surface area (Å²) in [5.74, 6) is -0.160. The number of rotatable bonds is 3. The molecule has 5 nitrogen and oxygen atoms in total. The molecule has 0 aromatic carbocycles. The molecule has 0 aliphatic rings. The maximum Gasteiger partial charge on any atom is 0.408 e. The molecule has 5 heteroatoms. The highest BCUT2D eigenvalue weighted by atomic mass is 16.6. The van der Waals surface area contributed by atoms with Gasteiger partial charge in [0.05, 0.1) is 6.54 Å². The molecule has 16 heavy (non-hydrogen) atoms. The lowest BCUT2D eigenvalue weighted by Crippen LogP contribution is -2.35. The van der Waals surface area contributed by atoms with Crippen LogP contribution in [0, 0.1) is 0 Å². The Balaban J connectivity index is 2.35. The Morgan fingerprint density at radius 1 is 1.44 bits per heavy atom. The van der Waals surface area contributed by atoms with Crippen molar-refractivity contribution in [3.8, 4) is 0 Å². The van der Waals surface area contributed by atoms with Gasteiger partial charge in [-0.1, -0.05) is 0 Å². The van der Waals surface area contributed by atoms with Gasteiger partial charge in [-0.2, -0.15) is 0 Å². The standard InChI is InChI=1S/C11H16N2O3/c1-11(2,3)16-10(15)13-7-9(14)8-4-5-12-6-8/h4-6,12H,7H2,1-3H3,(H,13,15). The predicted octanol–water partition coefficient (Wildman–Crippen LogP) is 1.72. The van der Waals surface area contributed by atoms with Gasteiger partial charge in [0.2, 0.25) is 0 Å². The minimum Gasteiger partial charge on any atom is -0.444 e. The molecule has 0 saturated heterocycles. The zero-order valence-corrected chi connectivity index (χ0v) is 9.66. The molecule has 0 fully saturated rings. The number of H-pyrrole nitrogens is 1. The molecule has 0 spiro atoms. The van der Waals surface area contributed by atoms with Crippen molar-refractivity contribution in [1.82, 2.24) is 10.3 Å². The van der Waals surface area contributed by atoms with Gasteiger partial charge in [-0.3, -0.25) is 4.79 Å². The molecule has 1 aromatic heterocycles. The molecule has 0 saturated carbocycles. The van der Waals surface area contributed by atoms with Gasteiger partial charge in [-0.05, 0) is 26.8 Å². The molecule has 88 valence electrons. The number of amides is 1. The Kier molecular flexibility index (Phi) is 3.71. The molecule has 1 heterocycles. The van der Waals surface area contributed by atoms with Crippen molar-refractivity contribution >= 4 is 11.9 Å². The van der Waals surface area contributed by atoms with Crippen LogP contribution in [0.1, 0.15) is 31.1 Å². The maximum absolute atomic E-state index is 11.5. The number of carbonyl (C=O) groups excluding carboxylic acids is 2. The van der Waals surface area contributed by atoms with Gasteiger partial charge in [0, 0.05) is 18.0 Å². The number of hydrogen-bond acceptors (Lipinski definition) is 3. The third-order valence-corrected chi connectivity index (χ3v) is 1.71. The van der Waals surface area contributed by atoms with Crippen LogP contribution in [0.5, 0.6) is 0 Å². The second-order valence-electron chi connectivity index (χ2n) is 4.38. The molecule has 1 amide bonds. The highest BCUT2D eigenvalue weighted by Gasteiger charge is 2.16. The van der Waals surface area contributed by atoms with Crippen molar-refractivity contribution < 1.29 is 14.3 Å². The van der Waals surface area contributed by atoms with Crippen LogP contribution in [-0.4, -0.2) is 29.0 Å². The summed E-state index contributed by atoms with van der Waals surface area (Å²) in [6, 6.07) is 1.65. The van der Waals surface area contributed by atoms with Crippen molar-refractivity contribution in [2.75, 3.05) is 6.54 Å². The first-order valence-corrected chi connectivity index (χ1v) is 5.01. The number of ketones is 1. The normalized spacial score (nSPS) is 10.9. The van der Waals surface area contributed by atoms with E-state index in [0.29, 0.717) is 5.56 Å². The zero-order chi connectivity index (χ0) is 12.2. The van der Waals surface area contributed by atoms with E-state index in [9.17, 15) is 9.59 Å². The van der Waals surface area contributed by atoms with Crippen LogP contribution in [0.4, 0.5) is 4.79 Å². The molecule has 0 radical (unpaired) electrons. The van der Waals surface area contributed by atoms with Crippen LogP contribution in [0.15, 0.2) is 18.5 Å². The van der Waals surface area contributed by atoms with E-state index in [-0.39, 0.29) is 12.3 Å². The van der Waals surface area contributed by atoms with Gasteiger partial charge in [0.1, 0.15) is 5.60 Å². The smallest absolute Gasteiger partial charge is 0.408 e. The van der Waals surface area contributed by atoms with E-state index in [1.165, 1.54) is 0 Å². The monoisotopic (exact) mass is 224 g/mol. The predicted molar refractivity (Wildman–Crippen MR) is 59.4 cm³/mol. The first kappa shape index (κ1) is 12.3. The molecule has 0 aliphatic carbocycles. The molecule has 0 unspecified atom stereocenters. The van der Waals surface area contributed by atoms with Crippen molar-refractivity contribution in [2.24, 2.45) is 0 Å². The number of hydrogen-bond donors (Lipinski definition) is 2. The van der Waals surface area contributed by atoms with Crippen LogP contribution in [0.3, 0.4) is 0 Å². The van der Waals surface area contributed by atoms with E-state index in [1.54, 1.807) is 39.2 Å². The summed E-state index contributed by atoms with van der Waals surface area (Å²) in [4.78, 5) is 25.5. The van der Waals surface area contributed by atoms with Crippen molar-refractivity contribution in [1.29, 1.82) is 0 Å². The Morgan fingerprint density at radius 3 is 2.62 bits per heavy atom. The van der Waals surface area contributed by atoms with Gasteiger partial charge >= 0.3 is 6.09 Å². The molecular formula is C11H16N2O3. The number of alkyl carbamates (subject to hydrolysis) is 1. The molecule has 2 N–H and O–H groups in total. The number of ether oxygens (including phenoxy) is 1. The fourth-order valence-corrected chi connectivity index (χ4v) is 1.07. The molecule has 0 aliphatic heterocycles. The van der Waals surface area contributed by atoms with E-state index in [1.807, 2.05) is 0 Å². The lowest BCUT2D eigenvalue weighted by atomic mass is 10.2. The average Bonchev–Trinajstić information content (AvgIpc) is 2.64. The molecule has 1 aromatic rings. The summed E-state index contributed by atoms with van der Waals surface area (Å²) < 4.78 is 5.00. The molecular weight excluding hydrogens is 208 g/mol. The second-order valence-corrected chi connectivity index (χ2v) is 4.38. The number of carbonyl (C=O) groups is 2. The summed E-state index contributed by atoms with van der Waals surface area (Å²) in [7, 11) is 0. The van der Waals surface area contributed by atoms with E-state index in [2.05, 4.69) is 10.3 Å². The number of nitrogens with one attached hydrogen (secondary N) is 2. The average molecular weight is 224 g/mol. The Bertz CT molecular complexity index is 363. The molecule has 1 rings (SSSR count). The van der Waals surface area contributed by atoms with E-state index >= 15 is 0 Å². The van der Waals surface area contributed by atoms with E-state index in [4.69, 9.17) is 4.74 Å². The van der Waals surface area contributed by atoms with Crippen LogP contribution in [-0.2, 0) is 4.74 Å². The van der Waals surface area contributed by atoms with Crippen LogP contribution >= 0.6 is 0 Å². The number of aromatic amines is 1. The van der Waals surface area contributed by atoms with Crippen LogP contribution in [0.2, 0.25) is 0 Å². The first-order chi connectivity index (χ1) is 7.38. The topological polar surface area (TPSA) is 71.2 Å². The Labute approximate surface area is 94.2 Å². The minimum atomic E-state index is -0.587. The number of Topliss-reactive ketones (excluding diaryl/α,β-unsaturated/α-hetero) is 1. The first-order valence-electron chi connectivity index (χ1n) is 5.01. The second kappa shape index (κ2) is 4.83. The summed E-state index contributed by atoms with van der Waals surface area (Å²) >= 11 is 0. The third-order valence-electron chi connectivity index (χ3n) is 1.71. The summed E-state index contributed by atoms with van der Waals surface area (Å²) in [5, 5.41) is 2.40. The highest BCUT2D eigenvalue weighted by molar-refractivity contribution is 5.98. The largest absolute Gasteiger partial charge is 0.444 e. The van der Waals surface area contributed by atoms with Crippen molar-refractivity contribution in [2.45, 2.75) is 26.4 Å². The van der Waals surface area contributed by atoms with E-state index < -0.39 is 11.7 Å². The SMILES string of the molecule is CC(C)(C)OC(=O)NCC(=O)c1cc[nH]c1. The quantitative estimate of drug-likeness (QED) is 0.768. The van der Waals surface area contributed by atoms with Gasteiger partial charge in [-0.25, -0.2) is 4.79 Å². The molecule has 0 atom stereocenters. The summed E-state index contributed by atoms with van der Waals surface area (Å²) in [6.45, 7) is 5.23. The Morgan fingerprint density at radius 2 is 2.12 bits per heavy atom. The fourth-order valence-electron chi connectivity index (χ4n) is 1.07. The van der Waals surface area contributed by atoms with Crippen LogP contribution in [0.25, 0.3) is 0 Å². The van der Waals surface area contributed by atoms with Crippen molar-refractivity contribution in [3.63, 3.8) is 0 Å². The third kappa shape index (κ3) is 4.16. The van der Waals surface area contributed by atoms with Crippen LogP contribution < -0.4 is 5.32 Å². The lowest BCUT2D eigenvalue weighted by Gasteiger charge is -2.19. The van der Waals surface area contributed by atoms with Gasteiger partial charge in [0.15, 0.2) is 5.78 Å². The molecule has 0 bridgehead atoms. The lowest BCUT2D eigenvalue weighted by molar-refractivity contribution is 0.0520. The maximum atomic E-state index is 11.5. The van der Waals surface area contributed by atoms with Crippen molar-refractivity contribution in [3.05, 3.63) is 24.0 Å². The summed E-state index contributed by atoms with van der Waals surface area (Å²) in [6.07, 6.45) is 2.65. The highest BCUT2D eigenvalue weighted by Crippen LogP contribution is 2.06.